The number of benzene rings is 2. The molecule has 2 radical (unpaired) electrons. The standard InChI is InChI=1S/C35H50O8/c1-4-7-9-11-14-29-16-20-31(21-17-29)34(36)42-40-33(24-28-39-27-13-26-38-25-6-3)41-43-35(37)32-22-18-30(19-23-32)15-12-10-8-5-2/h16-23H,3-15,24-28H2,1-2H3. The van der Waals surface area contributed by atoms with E-state index in [0.29, 0.717) is 37.4 Å². The van der Waals surface area contributed by atoms with Crippen molar-refractivity contribution in [2.45, 2.75) is 97.3 Å². The number of hydrogen-bond acceptors (Lipinski definition) is 8. The molecule has 0 N–H and O–H groups in total. The number of rotatable bonds is 25. The van der Waals surface area contributed by atoms with Crippen LogP contribution >= 0.6 is 0 Å². The molecule has 2 aromatic carbocycles. The smallest absolute Gasteiger partial charge is 0.373 e. The Morgan fingerprint density at radius 3 is 1.47 bits per heavy atom. The quantitative estimate of drug-likeness (QED) is 0.0640. The Morgan fingerprint density at radius 1 is 0.558 bits per heavy atom. The highest BCUT2D eigenvalue weighted by atomic mass is 17.3. The van der Waals surface area contributed by atoms with E-state index in [9.17, 15) is 9.59 Å². The molecule has 238 valence electrons. The van der Waals surface area contributed by atoms with Gasteiger partial charge >= 0.3 is 18.2 Å². The summed E-state index contributed by atoms with van der Waals surface area (Å²) in [5, 5.41) is 0. The molecule has 0 spiro atoms. The van der Waals surface area contributed by atoms with Crippen LogP contribution in [0.1, 0.15) is 116 Å². The lowest BCUT2D eigenvalue weighted by Gasteiger charge is -2.14. The fourth-order valence-electron chi connectivity index (χ4n) is 4.21. The molecule has 0 amide bonds. The molecule has 2 aromatic rings. The Hall–Kier alpha value is -2.78. The van der Waals surface area contributed by atoms with Crippen LogP contribution in [0, 0.1) is 13.2 Å². The second-order valence-corrected chi connectivity index (χ2v) is 10.5. The SMILES string of the molecule is [CH2]CCOCCCOCC[C](OOC(=O)c1ccc(CCCCCC)cc1)OOC(=O)c1ccc(CCCCCC)cc1. The van der Waals surface area contributed by atoms with E-state index >= 15 is 0 Å². The van der Waals surface area contributed by atoms with Crippen LogP contribution in [0.2, 0.25) is 0 Å². The third kappa shape index (κ3) is 16.6. The number of hydrogen-bond donors (Lipinski definition) is 0. The van der Waals surface area contributed by atoms with Crippen molar-refractivity contribution < 1.29 is 38.6 Å². The number of carbonyl (C=O) groups is 2. The predicted molar refractivity (Wildman–Crippen MR) is 166 cm³/mol. The van der Waals surface area contributed by atoms with Crippen LogP contribution in [0.25, 0.3) is 0 Å². The zero-order chi connectivity index (χ0) is 31.0. The fourth-order valence-corrected chi connectivity index (χ4v) is 4.21. The molecule has 0 aliphatic carbocycles. The number of carbonyl (C=O) groups excluding carboxylic acids is 2. The van der Waals surface area contributed by atoms with Gasteiger partial charge in [0.25, 0.3) is 0 Å². The van der Waals surface area contributed by atoms with E-state index in [-0.39, 0.29) is 19.3 Å². The first kappa shape index (κ1) is 36.4. The molecule has 0 bridgehead atoms. The largest absolute Gasteiger partial charge is 0.381 e. The molecular formula is C35H50O8. The van der Waals surface area contributed by atoms with Gasteiger partial charge in [-0.2, -0.15) is 0 Å². The van der Waals surface area contributed by atoms with E-state index in [1.165, 1.54) is 38.5 Å². The Balaban J connectivity index is 1.85. The summed E-state index contributed by atoms with van der Waals surface area (Å²) in [5.74, 6) is -1.38. The highest BCUT2D eigenvalue weighted by Gasteiger charge is 2.22. The van der Waals surface area contributed by atoms with Crippen LogP contribution in [0.15, 0.2) is 48.5 Å². The summed E-state index contributed by atoms with van der Waals surface area (Å²) < 4.78 is 11.0. The molecule has 0 heterocycles. The van der Waals surface area contributed by atoms with Gasteiger partial charge in [-0.1, -0.05) is 83.6 Å². The van der Waals surface area contributed by atoms with Crippen molar-refractivity contribution in [2.75, 3.05) is 26.4 Å². The van der Waals surface area contributed by atoms with Crippen LogP contribution in [0.3, 0.4) is 0 Å². The van der Waals surface area contributed by atoms with E-state index in [0.717, 1.165) is 43.2 Å². The van der Waals surface area contributed by atoms with Crippen molar-refractivity contribution in [2.24, 2.45) is 0 Å². The molecule has 0 unspecified atom stereocenters. The van der Waals surface area contributed by atoms with E-state index in [1.54, 1.807) is 24.3 Å². The molecular weight excluding hydrogens is 548 g/mol. The number of unbranched alkanes of at least 4 members (excludes halogenated alkanes) is 6. The molecule has 43 heavy (non-hydrogen) atoms. The molecule has 8 heteroatoms. The average Bonchev–Trinajstić information content (AvgIpc) is 3.04. The summed E-state index contributed by atoms with van der Waals surface area (Å²) in [6.07, 6.45) is 12.7. The van der Waals surface area contributed by atoms with Crippen molar-refractivity contribution >= 4 is 11.9 Å². The molecule has 0 fully saturated rings. The highest BCUT2D eigenvalue weighted by Crippen LogP contribution is 2.17. The highest BCUT2D eigenvalue weighted by molar-refractivity contribution is 5.89. The van der Waals surface area contributed by atoms with Gasteiger partial charge in [0.15, 0.2) is 0 Å². The fraction of sp³-hybridized carbons (Fsp3) is 0.543. The van der Waals surface area contributed by atoms with Crippen molar-refractivity contribution in [1.29, 1.82) is 0 Å². The first-order chi connectivity index (χ1) is 21.1. The van der Waals surface area contributed by atoms with Gasteiger partial charge in [0.2, 0.25) is 0 Å². The Labute approximate surface area is 258 Å². The molecule has 2 rings (SSSR count). The molecule has 0 aromatic heterocycles. The molecule has 0 saturated carbocycles. The topological polar surface area (TPSA) is 89.5 Å². The minimum Gasteiger partial charge on any atom is -0.381 e. The summed E-state index contributed by atoms with van der Waals surface area (Å²) in [5.41, 5.74) is 2.99. The summed E-state index contributed by atoms with van der Waals surface area (Å²) >= 11 is 0. The maximum Gasteiger partial charge on any atom is 0.373 e. The lowest BCUT2D eigenvalue weighted by atomic mass is 10.0. The summed E-state index contributed by atoms with van der Waals surface area (Å²) in [6.45, 7) is 9.94. The van der Waals surface area contributed by atoms with E-state index in [2.05, 4.69) is 20.8 Å². The second-order valence-electron chi connectivity index (χ2n) is 10.5. The lowest BCUT2D eigenvalue weighted by Crippen LogP contribution is -2.18. The number of aryl methyl sites for hydroxylation is 2. The Kier molecular flexibility index (Phi) is 20.0. The molecule has 8 nitrogen and oxygen atoms in total. The van der Waals surface area contributed by atoms with Crippen LogP contribution in [0.5, 0.6) is 0 Å². The zero-order valence-corrected chi connectivity index (χ0v) is 26.1. The van der Waals surface area contributed by atoms with Crippen molar-refractivity contribution in [3.8, 4) is 0 Å². The lowest BCUT2D eigenvalue weighted by molar-refractivity contribution is -0.364. The van der Waals surface area contributed by atoms with Gasteiger partial charge in [-0.15, -0.1) is 9.78 Å². The summed E-state index contributed by atoms with van der Waals surface area (Å²) in [6, 6.07) is 14.5. The van der Waals surface area contributed by atoms with Crippen LogP contribution in [-0.2, 0) is 41.9 Å². The van der Waals surface area contributed by atoms with Gasteiger partial charge < -0.3 is 9.47 Å². The first-order valence-electron chi connectivity index (χ1n) is 15.8. The van der Waals surface area contributed by atoms with Gasteiger partial charge in [-0.05, 0) is 73.9 Å². The zero-order valence-electron chi connectivity index (χ0n) is 26.1. The maximum atomic E-state index is 12.6. The maximum absolute atomic E-state index is 12.6. The molecule has 0 atom stereocenters. The van der Waals surface area contributed by atoms with Gasteiger partial charge in [-0.3, -0.25) is 9.78 Å². The van der Waals surface area contributed by atoms with E-state index in [4.69, 9.17) is 29.0 Å². The van der Waals surface area contributed by atoms with Gasteiger partial charge in [0, 0.05) is 26.2 Å². The van der Waals surface area contributed by atoms with Crippen LogP contribution < -0.4 is 0 Å². The van der Waals surface area contributed by atoms with Crippen LogP contribution in [-0.4, -0.2) is 38.4 Å². The van der Waals surface area contributed by atoms with Gasteiger partial charge in [0.1, 0.15) is 0 Å². The van der Waals surface area contributed by atoms with E-state index < -0.39 is 11.9 Å². The molecule has 0 aliphatic rings. The Bertz CT molecular complexity index is 918. The molecule has 0 aliphatic heterocycles. The predicted octanol–water partition coefficient (Wildman–Crippen LogP) is 8.34. The third-order valence-corrected chi connectivity index (χ3v) is 6.75. The van der Waals surface area contributed by atoms with Gasteiger partial charge in [-0.25, -0.2) is 9.59 Å². The van der Waals surface area contributed by atoms with Crippen molar-refractivity contribution in [3.63, 3.8) is 0 Å². The van der Waals surface area contributed by atoms with Crippen molar-refractivity contribution in [3.05, 3.63) is 84.0 Å². The normalized spacial score (nSPS) is 11.2. The summed E-state index contributed by atoms with van der Waals surface area (Å²) in [7, 11) is 0. The summed E-state index contributed by atoms with van der Waals surface area (Å²) in [4.78, 5) is 45.5. The molecule has 0 saturated heterocycles. The van der Waals surface area contributed by atoms with Gasteiger partial charge in [0.05, 0.1) is 17.7 Å². The second kappa shape index (κ2) is 23.6. The van der Waals surface area contributed by atoms with E-state index in [1.807, 2.05) is 24.3 Å². The average molecular weight is 599 g/mol. The Morgan fingerprint density at radius 2 is 1.02 bits per heavy atom. The van der Waals surface area contributed by atoms with Crippen molar-refractivity contribution in [1.82, 2.24) is 0 Å². The monoisotopic (exact) mass is 598 g/mol. The minimum absolute atomic E-state index is 0.0771. The minimum atomic E-state index is -0.692. The first-order valence-corrected chi connectivity index (χ1v) is 15.8. The number of ether oxygens (including phenoxy) is 2. The third-order valence-electron chi connectivity index (χ3n) is 6.75. The van der Waals surface area contributed by atoms with Crippen LogP contribution in [0.4, 0.5) is 0 Å².